The molecular formula is C6H5F6NO7S2. The van der Waals surface area contributed by atoms with Crippen molar-refractivity contribution in [2.75, 3.05) is 0 Å². The lowest BCUT2D eigenvalue weighted by Crippen LogP contribution is -2.29. The maximum Gasteiger partial charge on any atom is 0.534 e. The highest BCUT2D eigenvalue weighted by Gasteiger charge is 2.50. The van der Waals surface area contributed by atoms with Crippen LogP contribution in [-0.2, 0) is 33.4 Å². The molecule has 0 amide bonds. The highest BCUT2D eigenvalue weighted by atomic mass is 32.2. The van der Waals surface area contributed by atoms with E-state index in [1.807, 2.05) is 0 Å². The molecule has 0 saturated carbocycles. The molecular weight excluding hydrogens is 376 g/mol. The van der Waals surface area contributed by atoms with E-state index in [2.05, 4.69) is 8.37 Å². The van der Waals surface area contributed by atoms with Crippen LogP contribution >= 0.6 is 0 Å². The average Bonchev–Trinajstić information content (AvgIpc) is 2.21. The molecule has 0 aliphatic carbocycles. The first-order chi connectivity index (χ1) is 9.49. The fourth-order valence-corrected chi connectivity index (χ4v) is 1.51. The van der Waals surface area contributed by atoms with Gasteiger partial charge in [0.05, 0.1) is 6.42 Å². The average molecular weight is 381 g/mol. The minimum atomic E-state index is -6.26. The molecule has 0 atom stereocenters. The van der Waals surface area contributed by atoms with Crippen molar-refractivity contribution in [1.82, 2.24) is 0 Å². The number of nitrogens with one attached hydrogen (secondary N) is 1. The van der Waals surface area contributed by atoms with Crippen LogP contribution in [0, 0.1) is 5.41 Å². The monoisotopic (exact) mass is 381 g/mol. The molecule has 0 heterocycles. The van der Waals surface area contributed by atoms with Crippen molar-refractivity contribution in [3.63, 3.8) is 0 Å². The van der Waals surface area contributed by atoms with E-state index in [4.69, 9.17) is 5.41 Å². The third kappa shape index (κ3) is 5.66. The smallest absolute Gasteiger partial charge is 0.361 e. The Kier molecular flexibility index (Phi) is 5.82. The number of carbonyl (C=O) groups excluding carboxylic acids is 1. The summed E-state index contributed by atoms with van der Waals surface area (Å²) in [5.41, 5.74) is -11.8. The summed E-state index contributed by atoms with van der Waals surface area (Å²) in [4.78, 5) is 10.7. The number of hydrogen-bond donors (Lipinski definition) is 1. The maximum atomic E-state index is 11.8. The van der Waals surface area contributed by atoms with Gasteiger partial charge in [-0.05, 0) is 0 Å². The molecule has 0 radical (unpaired) electrons. The van der Waals surface area contributed by atoms with Gasteiger partial charge in [-0.2, -0.15) is 43.2 Å². The van der Waals surface area contributed by atoms with Gasteiger partial charge in [0.15, 0.2) is 0 Å². The highest BCUT2D eigenvalue weighted by Crippen LogP contribution is 2.26. The van der Waals surface area contributed by atoms with Crippen LogP contribution in [0.3, 0.4) is 0 Å². The first-order valence-corrected chi connectivity index (χ1v) is 7.43. The van der Waals surface area contributed by atoms with Crippen molar-refractivity contribution < 1.29 is 56.3 Å². The Bertz CT molecular complexity index is 588. The van der Waals surface area contributed by atoms with Crippen molar-refractivity contribution in [2.24, 2.45) is 0 Å². The van der Waals surface area contributed by atoms with E-state index in [1.54, 1.807) is 0 Å². The van der Waals surface area contributed by atoms with Gasteiger partial charge in [0.1, 0.15) is 0 Å². The third-order valence-corrected chi connectivity index (χ3v) is 3.50. The Labute approximate surface area is 118 Å². The van der Waals surface area contributed by atoms with E-state index in [9.17, 15) is 48.0 Å². The lowest BCUT2D eigenvalue weighted by molar-refractivity contribution is -0.136. The van der Waals surface area contributed by atoms with Crippen LogP contribution in [0.15, 0.2) is 0 Å². The van der Waals surface area contributed by atoms with Gasteiger partial charge in [-0.1, -0.05) is 0 Å². The van der Waals surface area contributed by atoms with Gasteiger partial charge in [-0.3, -0.25) is 10.2 Å². The molecule has 0 aromatic rings. The number of halogens is 6. The molecule has 0 saturated heterocycles. The molecule has 0 aliphatic rings. The summed E-state index contributed by atoms with van der Waals surface area (Å²) in [6.45, 7) is 0. The van der Waals surface area contributed by atoms with Gasteiger partial charge in [0.2, 0.25) is 5.90 Å². The Balaban J connectivity index is 4.61. The number of carbonyl (C=O) groups is 1. The SMILES string of the molecule is N=C(CCC(=O)OS(=O)(=O)C(F)(F)F)OS(=O)(=O)C(F)(F)F. The zero-order valence-electron chi connectivity index (χ0n) is 9.86. The molecule has 0 aromatic heterocycles. The van der Waals surface area contributed by atoms with Crippen molar-refractivity contribution in [1.29, 1.82) is 5.41 Å². The van der Waals surface area contributed by atoms with Gasteiger partial charge in [-0.15, -0.1) is 0 Å². The number of rotatable bonds is 5. The second-order valence-electron chi connectivity index (χ2n) is 3.26. The summed E-state index contributed by atoms with van der Waals surface area (Å²) in [5, 5.41) is 6.69. The predicted molar refractivity (Wildman–Crippen MR) is 54.1 cm³/mol. The molecule has 0 fully saturated rings. The Morgan fingerprint density at radius 2 is 1.18 bits per heavy atom. The van der Waals surface area contributed by atoms with Crippen LogP contribution in [0.4, 0.5) is 26.3 Å². The summed E-state index contributed by atoms with van der Waals surface area (Å²) in [7, 11) is -12.4. The molecule has 0 bridgehead atoms. The number of hydrogen-bond acceptors (Lipinski definition) is 8. The maximum absolute atomic E-state index is 11.8. The van der Waals surface area contributed by atoms with Gasteiger partial charge in [0, 0.05) is 6.42 Å². The molecule has 0 aliphatic heterocycles. The highest BCUT2D eigenvalue weighted by molar-refractivity contribution is 7.88. The van der Waals surface area contributed by atoms with Crippen LogP contribution in [0.2, 0.25) is 0 Å². The largest absolute Gasteiger partial charge is 0.534 e. The Hall–Kier alpha value is -1.58. The van der Waals surface area contributed by atoms with Crippen molar-refractivity contribution in [3.05, 3.63) is 0 Å². The summed E-state index contributed by atoms with van der Waals surface area (Å²) in [5.74, 6) is -3.73. The van der Waals surface area contributed by atoms with Crippen LogP contribution < -0.4 is 0 Å². The number of alkyl halides is 6. The van der Waals surface area contributed by atoms with E-state index >= 15 is 0 Å². The predicted octanol–water partition coefficient (Wildman–Crippen LogP) is 1.00. The van der Waals surface area contributed by atoms with Gasteiger partial charge >= 0.3 is 37.2 Å². The summed E-state index contributed by atoms with van der Waals surface area (Å²) in [6.07, 6.45) is -2.59. The third-order valence-electron chi connectivity index (χ3n) is 1.54. The molecule has 0 unspecified atom stereocenters. The van der Waals surface area contributed by atoms with E-state index in [0.29, 0.717) is 0 Å². The molecule has 1 N–H and O–H groups in total. The first kappa shape index (κ1) is 20.4. The lowest BCUT2D eigenvalue weighted by Gasteiger charge is -2.10. The van der Waals surface area contributed by atoms with E-state index in [-0.39, 0.29) is 0 Å². The van der Waals surface area contributed by atoms with Crippen molar-refractivity contribution in [3.8, 4) is 0 Å². The molecule has 16 heteroatoms. The Morgan fingerprint density at radius 1 is 0.818 bits per heavy atom. The molecule has 8 nitrogen and oxygen atoms in total. The van der Waals surface area contributed by atoms with Crippen molar-refractivity contribution >= 4 is 32.1 Å². The summed E-state index contributed by atoms with van der Waals surface area (Å²) >= 11 is 0. The summed E-state index contributed by atoms with van der Waals surface area (Å²) in [6, 6.07) is 0. The van der Waals surface area contributed by atoms with E-state index < -0.39 is 56.0 Å². The van der Waals surface area contributed by atoms with Gasteiger partial charge in [-0.25, -0.2) is 0 Å². The van der Waals surface area contributed by atoms with E-state index in [1.165, 1.54) is 0 Å². The fourth-order valence-electron chi connectivity index (χ4n) is 0.648. The minimum absolute atomic E-state index is 1.25. The van der Waals surface area contributed by atoms with Crippen LogP contribution in [0.1, 0.15) is 12.8 Å². The molecule has 130 valence electrons. The van der Waals surface area contributed by atoms with Gasteiger partial charge < -0.3 is 8.37 Å². The minimum Gasteiger partial charge on any atom is -0.361 e. The topological polar surface area (TPSA) is 128 Å². The quantitative estimate of drug-likeness (QED) is 0.247. The normalized spacial score (nSPS) is 13.5. The standard InChI is InChI=1S/C6H5F6NO7S2/c7-5(8,9)21(15,16)19-3(13)1-2-4(14)20-22(17,18)6(10,11)12/h13H,1-2H2. The van der Waals surface area contributed by atoms with Gasteiger partial charge in [0.25, 0.3) is 0 Å². The van der Waals surface area contributed by atoms with Crippen LogP contribution in [-0.4, -0.2) is 39.7 Å². The second kappa shape index (κ2) is 6.27. The molecule has 0 rings (SSSR count). The lowest BCUT2D eigenvalue weighted by atomic mass is 10.3. The molecule has 0 aromatic carbocycles. The van der Waals surface area contributed by atoms with E-state index in [0.717, 1.165) is 0 Å². The molecule has 0 spiro atoms. The first-order valence-electron chi connectivity index (χ1n) is 4.61. The van der Waals surface area contributed by atoms with Crippen molar-refractivity contribution in [2.45, 2.75) is 23.9 Å². The van der Waals surface area contributed by atoms with Crippen LogP contribution in [0.25, 0.3) is 0 Å². The zero-order valence-corrected chi connectivity index (χ0v) is 11.5. The second-order valence-corrected chi connectivity index (χ2v) is 6.34. The Morgan fingerprint density at radius 3 is 1.55 bits per heavy atom. The zero-order chi connectivity index (χ0) is 18.0. The molecule has 22 heavy (non-hydrogen) atoms. The van der Waals surface area contributed by atoms with Crippen LogP contribution in [0.5, 0.6) is 0 Å². The fraction of sp³-hybridized carbons (Fsp3) is 0.667. The summed E-state index contributed by atoms with van der Waals surface area (Å²) < 4.78 is 119.